The number of halogens is 1. The molecule has 1 rings (SSSR count). The highest BCUT2D eigenvalue weighted by Gasteiger charge is 1.92. The third-order valence-corrected chi connectivity index (χ3v) is 3.65. The van der Waals surface area contributed by atoms with E-state index < -0.39 is 0 Å². The lowest BCUT2D eigenvalue weighted by Gasteiger charge is -2.00. The molecule has 0 aliphatic carbocycles. The summed E-state index contributed by atoms with van der Waals surface area (Å²) in [5, 5.41) is 0. The van der Waals surface area contributed by atoms with E-state index in [0.717, 1.165) is 12.0 Å². The molecular formula is C19H29F. The van der Waals surface area contributed by atoms with E-state index in [0.29, 0.717) is 0 Å². The minimum Gasteiger partial charge on any atom is -0.207 e. The first-order chi connectivity index (χ1) is 9.83. The lowest BCUT2D eigenvalue weighted by atomic mass is 10.1. The van der Waals surface area contributed by atoms with Gasteiger partial charge in [-0.25, -0.2) is 4.39 Å². The summed E-state index contributed by atoms with van der Waals surface area (Å²) in [6.45, 7) is 2.26. The van der Waals surface area contributed by atoms with Gasteiger partial charge in [0, 0.05) is 0 Å². The van der Waals surface area contributed by atoms with Gasteiger partial charge in [-0.1, -0.05) is 82.6 Å². The second kappa shape index (κ2) is 11.7. The van der Waals surface area contributed by atoms with Gasteiger partial charge in [0.05, 0.1) is 0 Å². The van der Waals surface area contributed by atoms with Gasteiger partial charge in [-0.3, -0.25) is 0 Å². The summed E-state index contributed by atoms with van der Waals surface area (Å²) in [6, 6.07) is 6.67. The van der Waals surface area contributed by atoms with E-state index in [4.69, 9.17) is 0 Å². The van der Waals surface area contributed by atoms with Crippen LogP contribution in [0.3, 0.4) is 0 Å². The third kappa shape index (κ3) is 8.90. The van der Waals surface area contributed by atoms with Gasteiger partial charge in [-0.15, -0.1) is 0 Å². The SMILES string of the molecule is CCCCCCCCCCC/C=C\c1ccc(F)cc1. The van der Waals surface area contributed by atoms with Crippen LogP contribution in [0.4, 0.5) is 4.39 Å². The highest BCUT2D eigenvalue weighted by Crippen LogP contribution is 2.11. The first kappa shape index (κ1) is 16.9. The van der Waals surface area contributed by atoms with Crippen molar-refractivity contribution in [2.75, 3.05) is 0 Å². The molecule has 0 fully saturated rings. The van der Waals surface area contributed by atoms with Crippen LogP contribution in [0.5, 0.6) is 0 Å². The zero-order valence-corrected chi connectivity index (χ0v) is 12.9. The number of benzene rings is 1. The van der Waals surface area contributed by atoms with Crippen molar-refractivity contribution in [3.63, 3.8) is 0 Å². The molecule has 112 valence electrons. The molecule has 0 bridgehead atoms. The van der Waals surface area contributed by atoms with E-state index in [1.165, 1.54) is 69.9 Å². The number of hydrogen-bond donors (Lipinski definition) is 0. The zero-order valence-electron chi connectivity index (χ0n) is 12.9. The maximum atomic E-state index is 12.7. The Hall–Kier alpha value is -1.11. The van der Waals surface area contributed by atoms with Crippen molar-refractivity contribution in [2.24, 2.45) is 0 Å². The number of unbranched alkanes of at least 4 members (excludes halogenated alkanes) is 9. The number of hydrogen-bond acceptors (Lipinski definition) is 0. The topological polar surface area (TPSA) is 0 Å². The summed E-state index contributed by atoms with van der Waals surface area (Å²) in [6.07, 6.45) is 17.8. The molecule has 0 unspecified atom stereocenters. The minimum absolute atomic E-state index is 0.166. The summed E-state index contributed by atoms with van der Waals surface area (Å²) >= 11 is 0. The first-order valence-corrected chi connectivity index (χ1v) is 8.25. The predicted octanol–water partition coefficient (Wildman–Crippen LogP) is 6.76. The molecule has 20 heavy (non-hydrogen) atoms. The quantitative estimate of drug-likeness (QED) is 0.392. The van der Waals surface area contributed by atoms with Gasteiger partial charge in [0.1, 0.15) is 5.82 Å². The van der Waals surface area contributed by atoms with Crippen molar-refractivity contribution in [1.82, 2.24) is 0 Å². The van der Waals surface area contributed by atoms with Crippen LogP contribution >= 0.6 is 0 Å². The standard InChI is InChI=1S/C19H29F/c1-2-3-4-5-6-7-8-9-10-11-12-13-18-14-16-19(20)17-15-18/h12-17H,2-11H2,1H3/b13-12-. The molecule has 1 aromatic rings. The van der Waals surface area contributed by atoms with Crippen molar-refractivity contribution in [1.29, 1.82) is 0 Å². The van der Waals surface area contributed by atoms with E-state index in [1.807, 2.05) is 12.1 Å². The summed E-state index contributed by atoms with van der Waals surface area (Å²) in [7, 11) is 0. The molecule has 0 aromatic heterocycles. The molecule has 1 heteroatoms. The molecule has 0 heterocycles. The summed E-state index contributed by atoms with van der Waals surface area (Å²) in [5.41, 5.74) is 1.09. The molecule has 0 saturated heterocycles. The normalized spacial score (nSPS) is 11.3. The Bertz CT molecular complexity index is 351. The van der Waals surface area contributed by atoms with Gasteiger partial charge >= 0.3 is 0 Å². The molecule has 0 aliphatic heterocycles. The van der Waals surface area contributed by atoms with E-state index >= 15 is 0 Å². The van der Waals surface area contributed by atoms with E-state index in [9.17, 15) is 4.39 Å². The molecule has 0 spiro atoms. The lowest BCUT2D eigenvalue weighted by Crippen LogP contribution is -1.80. The molecular weight excluding hydrogens is 247 g/mol. The second-order valence-corrected chi connectivity index (χ2v) is 5.57. The molecule has 0 aliphatic rings. The smallest absolute Gasteiger partial charge is 0.123 e. The Kier molecular flexibility index (Phi) is 9.91. The fourth-order valence-electron chi connectivity index (χ4n) is 2.37. The summed E-state index contributed by atoms with van der Waals surface area (Å²) < 4.78 is 12.7. The number of allylic oxidation sites excluding steroid dienone is 1. The Labute approximate surface area is 124 Å². The van der Waals surface area contributed by atoms with Crippen LogP contribution in [0.15, 0.2) is 30.3 Å². The van der Waals surface area contributed by atoms with Crippen molar-refractivity contribution < 1.29 is 4.39 Å². The molecule has 0 N–H and O–H groups in total. The predicted molar refractivity (Wildman–Crippen MR) is 87.3 cm³/mol. The van der Waals surface area contributed by atoms with Crippen molar-refractivity contribution >= 4 is 6.08 Å². The summed E-state index contributed by atoms with van der Waals surface area (Å²) in [4.78, 5) is 0. The van der Waals surface area contributed by atoms with E-state index in [-0.39, 0.29) is 5.82 Å². The molecule has 1 aromatic carbocycles. The van der Waals surface area contributed by atoms with Crippen LogP contribution in [0, 0.1) is 5.82 Å². The van der Waals surface area contributed by atoms with Crippen LogP contribution < -0.4 is 0 Å². The zero-order chi connectivity index (χ0) is 14.5. The summed E-state index contributed by atoms with van der Waals surface area (Å²) in [5.74, 6) is -0.166. The molecule has 0 amide bonds. The van der Waals surface area contributed by atoms with Gasteiger partial charge in [0.25, 0.3) is 0 Å². The van der Waals surface area contributed by atoms with Crippen LogP contribution in [-0.4, -0.2) is 0 Å². The maximum absolute atomic E-state index is 12.7. The van der Waals surface area contributed by atoms with E-state index in [2.05, 4.69) is 19.1 Å². The monoisotopic (exact) mass is 276 g/mol. The van der Waals surface area contributed by atoms with E-state index in [1.54, 1.807) is 0 Å². The maximum Gasteiger partial charge on any atom is 0.123 e. The van der Waals surface area contributed by atoms with Crippen LogP contribution in [0.25, 0.3) is 6.08 Å². The van der Waals surface area contributed by atoms with Crippen molar-refractivity contribution in [3.8, 4) is 0 Å². The first-order valence-electron chi connectivity index (χ1n) is 8.25. The fraction of sp³-hybridized carbons (Fsp3) is 0.579. The van der Waals surface area contributed by atoms with Gasteiger partial charge in [0.2, 0.25) is 0 Å². The molecule has 0 atom stereocenters. The number of rotatable bonds is 11. The van der Waals surface area contributed by atoms with Crippen LogP contribution in [-0.2, 0) is 0 Å². The molecule has 0 saturated carbocycles. The van der Waals surface area contributed by atoms with Gasteiger partial charge in [-0.2, -0.15) is 0 Å². The molecule has 0 nitrogen and oxygen atoms in total. The average molecular weight is 276 g/mol. The van der Waals surface area contributed by atoms with Crippen molar-refractivity contribution in [2.45, 2.75) is 71.1 Å². The second-order valence-electron chi connectivity index (χ2n) is 5.57. The Morgan fingerprint density at radius 2 is 1.35 bits per heavy atom. The largest absolute Gasteiger partial charge is 0.207 e. The highest BCUT2D eigenvalue weighted by atomic mass is 19.1. The lowest BCUT2D eigenvalue weighted by molar-refractivity contribution is 0.566. The Morgan fingerprint density at radius 3 is 1.95 bits per heavy atom. The third-order valence-electron chi connectivity index (χ3n) is 3.65. The van der Waals surface area contributed by atoms with Gasteiger partial charge < -0.3 is 0 Å². The fourth-order valence-corrected chi connectivity index (χ4v) is 2.37. The average Bonchev–Trinajstić information content (AvgIpc) is 2.47. The van der Waals surface area contributed by atoms with Gasteiger partial charge in [0.15, 0.2) is 0 Å². The van der Waals surface area contributed by atoms with Crippen LogP contribution in [0.1, 0.15) is 76.7 Å². The highest BCUT2D eigenvalue weighted by molar-refractivity contribution is 5.48. The Morgan fingerprint density at radius 1 is 0.800 bits per heavy atom. The molecule has 0 radical (unpaired) electrons. The minimum atomic E-state index is -0.166. The van der Waals surface area contributed by atoms with Crippen LogP contribution in [0.2, 0.25) is 0 Å². The van der Waals surface area contributed by atoms with Gasteiger partial charge in [-0.05, 0) is 30.5 Å². The van der Waals surface area contributed by atoms with Crippen molar-refractivity contribution in [3.05, 3.63) is 41.7 Å². The Balaban J connectivity index is 1.93.